The zero-order chi connectivity index (χ0) is 18.8. The van der Waals surface area contributed by atoms with Gasteiger partial charge < -0.3 is 5.11 Å². The van der Waals surface area contributed by atoms with Crippen molar-refractivity contribution in [2.24, 2.45) is 0 Å². The van der Waals surface area contributed by atoms with E-state index in [9.17, 15) is 5.11 Å². The van der Waals surface area contributed by atoms with Crippen LogP contribution in [0.3, 0.4) is 0 Å². The third-order valence-electron chi connectivity index (χ3n) is 4.62. The summed E-state index contributed by atoms with van der Waals surface area (Å²) >= 11 is 0. The van der Waals surface area contributed by atoms with E-state index in [1.807, 2.05) is 18.3 Å². The van der Waals surface area contributed by atoms with E-state index >= 15 is 0 Å². The second-order valence-corrected chi connectivity index (χ2v) is 8.41. The number of hydrogen-bond acceptors (Lipinski definition) is 1. The molecule has 3 heteroatoms. The van der Waals surface area contributed by atoms with Crippen LogP contribution in [0.2, 0.25) is 0 Å². The summed E-state index contributed by atoms with van der Waals surface area (Å²) in [5.74, 6) is 0.887. The second kappa shape index (κ2) is 8.93. The number of para-hydroxylation sites is 1. The van der Waals surface area contributed by atoms with Gasteiger partial charge in [-0.25, -0.2) is 4.99 Å². The van der Waals surface area contributed by atoms with Crippen LogP contribution < -0.4 is 29.0 Å². The minimum Gasteiger partial charge on any atom is -0.872 e. The monoisotopic (exact) mass is 344 g/mol. The molecule has 0 radical (unpaired) electrons. The molecule has 0 bridgehead atoms. The van der Waals surface area contributed by atoms with Gasteiger partial charge in [-0.05, 0) is 28.9 Å². The van der Waals surface area contributed by atoms with E-state index < -0.39 is 0 Å². The van der Waals surface area contributed by atoms with Gasteiger partial charge in [0, 0.05) is 16.7 Å². The number of rotatable bonds is 4. The van der Waals surface area contributed by atoms with Gasteiger partial charge in [-0.3, -0.25) is 0 Å². The molecule has 1 N–H and O–H groups in total. The Bertz CT molecular complexity index is 744. The van der Waals surface area contributed by atoms with E-state index in [1.54, 1.807) is 6.07 Å². The van der Waals surface area contributed by atoms with Crippen LogP contribution in [-0.2, 0) is 5.41 Å². The van der Waals surface area contributed by atoms with E-state index in [0.717, 1.165) is 5.69 Å². The van der Waals surface area contributed by atoms with Gasteiger partial charge in [0.25, 0.3) is 0 Å². The molecule has 0 atom stereocenters. The van der Waals surface area contributed by atoms with E-state index in [4.69, 9.17) is 0 Å². The zero-order valence-electron chi connectivity index (χ0n) is 17.6. The van der Waals surface area contributed by atoms with Crippen LogP contribution in [0.5, 0.6) is 5.75 Å². The Morgan fingerprint density at radius 1 is 0.923 bits per heavy atom. The molecule has 2 aromatic carbocycles. The van der Waals surface area contributed by atoms with Gasteiger partial charge in [-0.15, -0.1) is 0 Å². The Labute approximate surface area is 170 Å². The average molecular weight is 344 g/mol. The minimum absolute atomic E-state index is 0. The van der Waals surface area contributed by atoms with Gasteiger partial charge in [-0.2, -0.15) is 0 Å². The van der Waals surface area contributed by atoms with Crippen molar-refractivity contribution >= 4 is 11.9 Å². The van der Waals surface area contributed by atoms with Crippen LogP contribution in [0, 0.1) is 0 Å². The van der Waals surface area contributed by atoms with Crippen molar-refractivity contribution in [2.75, 3.05) is 0 Å². The molecular weight excluding hydrogens is 313 g/mol. The zero-order valence-corrected chi connectivity index (χ0v) is 17.6. The van der Waals surface area contributed by atoms with E-state index in [-0.39, 0.29) is 30.0 Å². The molecule has 0 saturated heterocycles. The Morgan fingerprint density at radius 3 is 1.92 bits per heavy atom. The Hall–Kier alpha value is -1.49. The molecule has 2 nitrogen and oxygen atoms in total. The first-order valence-corrected chi connectivity index (χ1v) is 9.15. The van der Waals surface area contributed by atoms with Crippen molar-refractivity contribution < 1.29 is 29.0 Å². The van der Waals surface area contributed by atoms with Crippen LogP contribution in [0.4, 0.5) is 5.69 Å². The molecule has 0 aliphatic heterocycles. The van der Waals surface area contributed by atoms with Crippen LogP contribution in [0.1, 0.15) is 82.6 Å². The van der Waals surface area contributed by atoms with Crippen LogP contribution in [0.25, 0.3) is 0 Å². The average Bonchev–Trinajstić information content (AvgIpc) is 2.52. The van der Waals surface area contributed by atoms with Crippen LogP contribution in [-0.4, -0.2) is 6.21 Å². The summed E-state index contributed by atoms with van der Waals surface area (Å²) in [4.78, 5) is 3.46. The van der Waals surface area contributed by atoms with Crippen molar-refractivity contribution in [3.8, 4) is 5.75 Å². The maximum Gasteiger partial charge on any atom is 1.00 e. The van der Waals surface area contributed by atoms with Gasteiger partial charge in [0.05, 0.1) is 0 Å². The van der Waals surface area contributed by atoms with Gasteiger partial charge in [-0.1, -0.05) is 84.5 Å². The van der Waals surface area contributed by atoms with Crippen molar-refractivity contribution in [1.29, 1.82) is 0 Å². The van der Waals surface area contributed by atoms with E-state index in [1.165, 1.54) is 16.7 Å². The van der Waals surface area contributed by atoms with Crippen LogP contribution in [0.15, 0.2) is 36.4 Å². The Kier molecular flexibility index (Phi) is 7.75. The smallest absolute Gasteiger partial charge is 0.872 e. The molecule has 0 aromatic heterocycles. The minimum atomic E-state index is 0. The first kappa shape index (κ1) is 22.5. The molecular formula is C23H31LiNO+. The van der Waals surface area contributed by atoms with Crippen LogP contribution >= 0.6 is 0 Å². The summed E-state index contributed by atoms with van der Waals surface area (Å²) < 4.78 is 0. The summed E-state index contributed by atoms with van der Waals surface area (Å²) in [7, 11) is 0. The topological polar surface area (TPSA) is 37.0 Å². The normalized spacial score (nSPS) is 12.0. The second-order valence-electron chi connectivity index (χ2n) is 8.41. The maximum absolute atomic E-state index is 12.3. The predicted molar refractivity (Wildman–Crippen MR) is 105 cm³/mol. The van der Waals surface area contributed by atoms with Crippen molar-refractivity contribution in [3.63, 3.8) is 0 Å². The molecule has 2 rings (SSSR count). The molecule has 0 unspecified atom stereocenters. The fourth-order valence-corrected chi connectivity index (χ4v) is 3.00. The standard InChI is InChI=1S/C23H31NO.Li/c1-15(2)19-9-8-10-20(16(3)4)22(19)24-14-17-13-18(23(5,6)7)11-12-21(17)25;/h8-16,25H,1-7H3;/q;+1. The number of hydrogen-bond donors (Lipinski definition) is 1. The van der Waals surface area contributed by atoms with Crippen molar-refractivity contribution in [3.05, 3.63) is 58.7 Å². The summed E-state index contributed by atoms with van der Waals surface area (Å²) in [5.41, 5.74) is 5.59. The molecule has 0 amide bonds. The molecule has 0 saturated carbocycles. The number of benzene rings is 2. The first-order chi connectivity index (χ1) is 11.6. The summed E-state index contributed by atoms with van der Waals surface area (Å²) in [6, 6.07) is 12.1. The molecule has 0 heterocycles. The third-order valence-corrected chi connectivity index (χ3v) is 4.62. The summed E-state index contributed by atoms with van der Waals surface area (Å²) in [5, 5.41) is 12.3. The third kappa shape index (κ3) is 5.26. The van der Waals surface area contributed by atoms with Crippen molar-refractivity contribution in [1.82, 2.24) is 0 Å². The maximum atomic E-state index is 12.3. The Morgan fingerprint density at radius 2 is 1.46 bits per heavy atom. The van der Waals surface area contributed by atoms with E-state index in [0.29, 0.717) is 17.4 Å². The van der Waals surface area contributed by atoms with Gasteiger partial charge in [0.1, 0.15) is 0 Å². The van der Waals surface area contributed by atoms with Gasteiger partial charge in [0.2, 0.25) is 5.69 Å². The molecule has 0 fully saturated rings. The summed E-state index contributed by atoms with van der Waals surface area (Å²) in [6.07, 6.45) is 1.87. The van der Waals surface area contributed by atoms with Gasteiger partial charge >= 0.3 is 18.9 Å². The summed E-state index contributed by atoms with van der Waals surface area (Å²) in [6.45, 7) is 15.3. The first-order valence-electron chi connectivity index (χ1n) is 9.15. The molecule has 0 aliphatic rings. The van der Waals surface area contributed by atoms with Crippen molar-refractivity contribution in [2.45, 2.75) is 65.7 Å². The van der Waals surface area contributed by atoms with E-state index in [2.05, 4.69) is 71.7 Å². The molecule has 2 aromatic rings. The molecule has 134 valence electrons. The Balaban J connectivity index is 0.00000338. The number of nitrogens with one attached hydrogen (secondary N) is 1. The largest absolute Gasteiger partial charge is 1.00 e. The molecule has 26 heavy (non-hydrogen) atoms. The molecule has 0 aliphatic carbocycles. The molecule has 0 spiro atoms. The quantitative estimate of drug-likeness (QED) is 0.655. The fourth-order valence-electron chi connectivity index (χ4n) is 3.00. The predicted octanol–water partition coefficient (Wildman–Crippen LogP) is 1.14. The van der Waals surface area contributed by atoms with Gasteiger partial charge in [0.15, 0.2) is 6.21 Å². The SMILES string of the molecule is CC(C)c1cccc(C(C)C)c1[NH+]=Cc1cc(C(C)(C)C)ccc1[O-].[Li+]. The fraction of sp³-hybridized carbons (Fsp3) is 0.435.